The van der Waals surface area contributed by atoms with Crippen LogP contribution in [0.5, 0.6) is 0 Å². The average Bonchev–Trinajstić information content (AvgIpc) is 2.38. The van der Waals surface area contributed by atoms with Gasteiger partial charge < -0.3 is 5.11 Å². The van der Waals surface area contributed by atoms with Crippen molar-refractivity contribution in [3.8, 4) is 0 Å². The lowest BCUT2D eigenvalue weighted by atomic mass is 10.1. The monoisotopic (exact) mass is 271 g/mol. The lowest BCUT2D eigenvalue weighted by Gasteiger charge is -2.35. The molecular formula is C13H18ClNOS. The number of aliphatic hydroxyl groups excluding tert-OH is 1. The molecule has 0 spiro atoms. The first kappa shape index (κ1) is 13.2. The molecule has 4 heteroatoms. The molecule has 0 saturated carbocycles. The zero-order valence-corrected chi connectivity index (χ0v) is 11.4. The lowest BCUT2D eigenvalue weighted by molar-refractivity contribution is 0.191. The predicted octanol–water partition coefficient (Wildman–Crippen LogP) is 2.81. The Bertz CT molecular complexity index is 344. The van der Waals surface area contributed by atoms with Gasteiger partial charge in [-0.25, -0.2) is 0 Å². The molecule has 0 aromatic heterocycles. The van der Waals surface area contributed by atoms with Crippen molar-refractivity contribution in [2.45, 2.75) is 12.5 Å². The van der Waals surface area contributed by atoms with Crippen molar-refractivity contribution in [2.24, 2.45) is 0 Å². The van der Waals surface area contributed by atoms with E-state index in [1.807, 2.05) is 23.9 Å². The zero-order chi connectivity index (χ0) is 12.1. The summed E-state index contributed by atoms with van der Waals surface area (Å²) >= 11 is 7.92. The summed E-state index contributed by atoms with van der Waals surface area (Å²) in [5.74, 6) is 2.32. The summed E-state index contributed by atoms with van der Waals surface area (Å²) in [6.45, 7) is 2.36. The largest absolute Gasteiger partial charge is 0.396 e. The summed E-state index contributed by atoms with van der Waals surface area (Å²) < 4.78 is 0. The van der Waals surface area contributed by atoms with Gasteiger partial charge in [0.1, 0.15) is 0 Å². The number of aliphatic hydroxyl groups is 1. The maximum atomic E-state index is 8.94. The van der Waals surface area contributed by atoms with Crippen LogP contribution < -0.4 is 0 Å². The van der Waals surface area contributed by atoms with Gasteiger partial charge in [0.2, 0.25) is 0 Å². The van der Waals surface area contributed by atoms with Crippen LogP contribution in [0.15, 0.2) is 24.3 Å². The number of nitrogens with zero attached hydrogens (tertiary/aromatic N) is 1. The molecule has 0 amide bonds. The first-order valence-electron chi connectivity index (χ1n) is 5.99. The Balaban J connectivity index is 2.07. The normalized spacial score (nSPS) is 21.6. The molecule has 17 heavy (non-hydrogen) atoms. The van der Waals surface area contributed by atoms with E-state index in [2.05, 4.69) is 17.0 Å². The molecule has 2 nitrogen and oxygen atoms in total. The molecule has 94 valence electrons. The van der Waals surface area contributed by atoms with Crippen molar-refractivity contribution < 1.29 is 5.11 Å². The molecule has 2 rings (SSSR count). The van der Waals surface area contributed by atoms with E-state index >= 15 is 0 Å². The Morgan fingerprint density at radius 3 is 2.82 bits per heavy atom. The first-order valence-corrected chi connectivity index (χ1v) is 7.52. The minimum atomic E-state index is 0.275. The van der Waals surface area contributed by atoms with Crippen molar-refractivity contribution >= 4 is 23.4 Å². The quantitative estimate of drug-likeness (QED) is 0.911. The number of hydrogen-bond acceptors (Lipinski definition) is 3. The summed E-state index contributed by atoms with van der Waals surface area (Å²) in [6.07, 6.45) is 0.856. The van der Waals surface area contributed by atoms with Gasteiger partial charge in [-0.1, -0.05) is 23.7 Å². The molecule has 1 heterocycles. The molecule has 1 aliphatic rings. The van der Waals surface area contributed by atoms with Gasteiger partial charge in [-0.05, 0) is 24.1 Å². The Morgan fingerprint density at radius 2 is 2.12 bits per heavy atom. The van der Waals surface area contributed by atoms with E-state index in [-0.39, 0.29) is 6.61 Å². The minimum absolute atomic E-state index is 0.275. The third-order valence-electron chi connectivity index (χ3n) is 3.10. The Labute approximate surface area is 112 Å². The average molecular weight is 272 g/mol. The second-order valence-electron chi connectivity index (χ2n) is 4.26. The second kappa shape index (κ2) is 6.64. The molecule has 1 aromatic rings. The minimum Gasteiger partial charge on any atom is -0.396 e. The first-order chi connectivity index (χ1) is 8.31. The van der Waals surface area contributed by atoms with E-state index in [9.17, 15) is 0 Å². The highest BCUT2D eigenvalue weighted by molar-refractivity contribution is 7.99. The van der Waals surface area contributed by atoms with Crippen molar-refractivity contribution in [3.63, 3.8) is 0 Å². The summed E-state index contributed by atoms with van der Waals surface area (Å²) in [7, 11) is 0. The fourth-order valence-electron chi connectivity index (χ4n) is 2.17. The molecule has 1 atom stereocenters. The number of halogens is 1. The van der Waals surface area contributed by atoms with Gasteiger partial charge >= 0.3 is 0 Å². The van der Waals surface area contributed by atoms with E-state index in [0.29, 0.717) is 6.04 Å². The molecule has 1 fully saturated rings. The highest BCUT2D eigenvalue weighted by Gasteiger charge is 2.23. The summed E-state index contributed by atoms with van der Waals surface area (Å²) in [4.78, 5) is 2.47. The van der Waals surface area contributed by atoms with Gasteiger partial charge in [0.15, 0.2) is 0 Å². The van der Waals surface area contributed by atoms with Crippen LogP contribution in [0.3, 0.4) is 0 Å². The molecule has 1 unspecified atom stereocenters. The van der Waals surface area contributed by atoms with Crippen molar-refractivity contribution in [1.82, 2.24) is 4.90 Å². The number of rotatable bonds is 4. The van der Waals surface area contributed by atoms with Gasteiger partial charge in [0.05, 0.1) is 0 Å². The van der Waals surface area contributed by atoms with Crippen LogP contribution in [-0.4, -0.2) is 41.2 Å². The fourth-order valence-corrected chi connectivity index (χ4v) is 3.45. The van der Waals surface area contributed by atoms with Crippen LogP contribution in [0, 0.1) is 0 Å². The third kappa shape index (κ3) is 3.62. The molecule has 0 bridgehead atoms. The van der Waals surface area contributed by atoms with Gasteiger partial charge in [-0.2, -0.15) is 11.8 Å². The summed E-state index contributed by atoms with van der Waals surface area (Å²) in [5.41, 5.74) is 1.33. The van der Waals surface area contributed by atoms with Crippen LogP contribution in [0.1, 0.15) is 18.0 Å². The van der Waals surface area contributed by atoms with E-state index in [0.717, 1.165) is 30.3 Å². The molecule has 1 saturated heterocycles. The Morgan fingerprint density at radius 1 is 1.35 bits per heavy atom. The molecule has 0 radical (unpaired) electrons. The molecule has 1 N–H and O–H groups in total. The van der Waals surface area contributed by atoms with Gasteiger partial charge in [-0.15, -0.1) is 0 Å². The Kier molecular flexibility index (Phi) is 5.16. The second-order valence-corrected chi connectivity index (χ2v) is 5.84. The van der Waals surface area contributed by atoms with E-state index in [1.165, 1.54) is 11.3 Å². The number of hydrogen-bond donors (Lipinski definition) is 1. The Hall–Kier alpha value is -0.220. The van der Waals surface area contributed by atoms with Crippen LogP contribution in [0.25, 0.3) is 0 Å². The van der Waals surface area contributed by atoms with Gasteiger partial charge in [0, 0.05) is 42.3 Å². The number of benzene rings is 1. The highest BCUT2D eigenvalue weighted by Crippen LogP contribution is 2.30. The van der Waals surface area contributed by atoms with Crippen molar-refractivity contribution in [1.29, 1.82) is 0 Å². The fraction of sp³-hybridized carbons (Fsp3) is 0.538. The molecule has 0 aliphatic carbocycles. The molecular weight excluding hydrogens is 254 g/mol. The summed E-state index contributed by atoms with van der Waals surface area (Å²) in [6, 6.07) is 8.62. The lowest BCUT2D eigenvalue weighted by Crippen LogP contribution is -2.37. The smallest absolute Gasteiger partial charge is 0.0443 e. The third-order valence-corrected chi connectivity index (χ3v) is 4.37. The van der Waals surface area contributed by atoms with E-state index in [4.69, 9.17) is 16.7 Å². The highest BCUT2D eigenvalue weighted by atomic mass is 35.5. The SMILES string of the molecule is OCCCN1CCSCC1c1ccc(Cl)cc1. The van der Waals surface area contributed by atoms with E-state index < -0.39 is 0 Å². The van der Waals surface area contributed by atoms with Gasteiger partial charge in [-0.3, -0.25) is 4.90 Å². The standard InChI is InChI=1S/C13H18ClNOS/c14-12-4-2-11(3-5-12)13-10-17-9-7-15(13)6-1-8-16/h2-5,13,16H,1,6-10H2. The maximum Gasteiger partial charge on any atom is 0.0443 e. The number of thioether (sulfide) groups is 1. The van der Waals surface area contributed by atoms with Gasteiger partial charge in [0.25, 0.3) is 0 Å². The molecule has 1 aliphatic heterocycles. The van der Waals surface area contributed by atoms with Crippen LogP contribution in [-0.2, 0) is 0 Å². The predicted molar refractivity (Wildman–Crippen MR) is 74.8 cm³/mol. The van der Waals surface area contributed by atoms with Crippen molar-refractivity contribution in [3.05, 3.63) is 34.9 Å². The zero-order valence-electron chi connectivity index (χ0n) is 9.81. The van der Waals surface area contributed by atoms with Crippen molar-refractivity contribution in [2.75, 3.05) is 31.2 Å². The van der Waals surface area contributed by atoms with Crippen LogP contribution in [0.2, 0.25) is 5.02 Å². The topological polar surface area (TPSA) is 23.5 Å². The van der Waals surface area contributed by atoms with Crippen LogP contribution >= 0.6 is 23.4 Å². The molecule has 1 aromatic carbocycles. The van der Waals surface area contributed by atoms with E-state index in [1.54, 1.807) is 0 Å². The summed E-state index contributed by atoms with van der Waals surface area (Å²) in [5, 5.41) is 9.73. The maximum absolute atomic E-state index is 8.94. The van der Waals surface area contributed by atoms with Crippen LogP contribution in [0.4, 0.5) is 0 Å².